The number of urea groups is 1. The van der Waals surface area contributed by atoms with Gasteiger partial charge in [0.1, 0.15) is 0 Å². The number of nitrogen functional groups attached to an aromatic ring is 1. The maximum atomic E-state index is 12.4. The summed E-state index contributed by atoms with van der Waals surface area (Å²) in [4.78, 5) is 18.5. The van der Waals surface area contributed by atoms with Crippen LogP contribution in [0.2, 0.25) is 0 Å². The fraction of sp³-hybridized carbons (Fsp3) is 0.533. The molecule has 2 aliphatic heterocycles. The van der Waals surface area contributed by atoms with E-state index >= 15 is 0 Å². The van der Waals surface area contributed by atoms with Gasteiger partial charge in [0.05, 0.1) is 24.6 Å². The number of morpholine rings is 1. The summed E-state index contributed by atoms with van der Waals surface area (Å²) in [5.74, 6) is 0. The number of nitrogens with zero attached hydrogens (tertiary/aromatic N) is 3. The Labute approximate surface area is 125 Å². The van der Waals surface area contributed by atoms with E-state index in [2.05, 4.69) is 4.90 Å². The molecule has 0 bridgehead atoms. The van der Waals surface area contributed by atoms with Crippen molar-refractivity contribution in [1.29, 1.82) is 0 Å². The Morgan fingerprint density at radius 2 is 1.57 bits per heavy atom. The van der Waals surface area contributed by atoms with Crippen LogP contribution in [0.4, 0.5) is 16.2 Å². The summed E-state index contributed by atoms with van der Waals surface area (Å²) in [5, 5.41) is 0. The lowest BCUT2D eigenvalue weighted by molar-refractivity contribution is 0.0428. The zero-order valence-corrected chi connectivity index (χ0v) is 12.2. The zero-order valence-electron chi connectivity index (χ0n) is 12.2. The predicted octanol–water partition coefficient (Wildman–Crippen LogP) is 0.843. The molecule has 6 heteroatoms. The SMILES string of the molecule is Nc1ccccc1N1CCN(C(=O)N2CCOCC2)CC1. The van der Waals surface area contributed by atoms with Gasteiger partial charge in [0.2, 0.25) is 0 Å². The van der Waals surface area contributed by atoms with Gasteiger partial charge < -0.3 is 25.2 Å². The molecule has 0 radical (unpaired) electrons. The second-order valence-corrected chi connectivity index (χ2v) is 5.41. The Hall–Kier alpha value is -1.95. The van der Waals surface area contributed by atoms with E-state index in [-0.39, 0.29) is 6.03 Å². The van der Waals surface area contributed by atoms with E-state index < -0.39 is 0 Å². The molecule has 21 heavy (non-hydrogen) atoms. The van der Waals surface area contributed by atoms with Gasteiger partial charge in [-0.2, -0.15) is 0 Å². The van der Waals surface area contributed by atoms with Crippen LogP contribution in [0.1, 0.15) is 0 Å². The normalized spacial score (nSPS) is 19.7. The minimum absolute atomic E-state index is 0.138. The molecule has 0 aromatic heterocycles. The van der Waals surface area contributed by atoms with Crippen molar-refractivity contribution >= 4 is 17.4 Å². The van der Waals surface area contributed by atoms with E-state index in [1.54, 1.807) is 0 Å². The highest BCUT2D eigenvalue weighted by Gasteiger charge is 2.26. The molecule has 1 aromatic carbocycles. The molecule has 2 saturated heterocycles. The van der Waals surface area contributed by atoms with Crippen molar-refractivity contribution < 1.29 is 9.53 Å². The topological polar surface area (TPSA) is 62.0 Å². The van der Waals surface area contributed by atoms with Gasteiger partial charge in [0, 0.05) is 39.3 Å². The number of amides is 2. The average Bonchev–Trinajstić information content (AvgIpc) is 2.56. The van der Waals surface area contributed by atoms with Gasteiger partial charge in [-0.1, -0.05) is 12.1 Å². The minimum Gasteiger partial charge on any atom is -0.397 e. The van der Waals surface area contributed by atoms with Gasteiger partial charge >= 0.3 is 6.03 Å². The van der Waals surface area contributed by atoms with E-state index in [1.165, 1.54) is 0 Å². The molecule has 0 saturated carbocycles. The summed E-state index contributed by atoms with van der Waals surface area (Å²) >= 11 is 0. The van der Waals surface area contributed by atoms with Crippen LogP contribution >= 0.6 is 0 Å². The number of hydrogen-bond acceptors (Lipinski definition) is 4. The highest BCUT2D eigenvalue weighted by molar-refractivity contribution is 5.75. The first-order chi connectivity index (χ1) is 10.3. The molecule has 2 heterocycles. The summed E-state index contributed by atoms with van der Waals surface area (Å²) in [5.41, 5.74) is 7.88. The van der Waals surface area contributed by atoms with Crippen LogP contribution in [0.15, 0.2) is 24.3 Å². The molecular formula is C15H22N4O2. The molecule has 0 spiro atoms. The van der Waals surface area contributed by atoms with Crippen molar-refractivity contribution in [2.75, 3.05) is 63.1 Å². The Morgan fingerprint density at radius 1 is 0.952 bits per heavy atom. The Morgan fingerprint density at radius 3 is 2.24 bits per heavy atom. The van der Waals surface area contributed by atoms with Gasteiger partial charge in [-0.25, -0.2) is 4.79 Å². The number of ether oxygens (including phenoxy) is 1. The largest absolute Gasteiger partial charge is 0.397 e. The first kappa shape index (κ1) is 14.0. The number of carbonyl (C=O) groups is 1. The summed E-state index contributed by atoms with van der Waals surface area (Å²) in [6.07, 6.45) is 0. The lowest BCUT2D eigenvalue weighted by atomic mass is 10.2. The Kier molecular flexibility index (Phi) is 4.15. The fourth-order valence-corrected chi connectivity index (χ4v) is 2.87. The molecule has 114 valence electrons. The van der Waals surface area contributed by atoms with Crippen LogP contribution in [0.25, 0.3) is 0 Å². The third kappa shape index (κ3) is 3.05. The van der Waals surface area contributed by atoms with Crippen LogP contribution in [0.3, 0.4) is 0 Å². The molecule has 0 atom stereocenters. The first-order valence-corrected chi connectivity index (χ1v) is 7.47. The molecule has 2 aliphatic rings. The maximum absolute atomic E-state index is 12.4. The number of carbonyl (C=O) groups excluding carboxylic acids is 1. The zero-order chi connectivity index (χ0) is 14.7. The maximum Gasteiger partial charge on any atom is 0.320 e. The van der Waals surface area contributed by atoms with E-state index in [4.69, 9.17) is 10.5 Å². The predicted molar refractivity (Wildman–Crippen MR) is 82.4 cm³/mol. The van der Waals surface area contributed by atoms with Crippen LogP contribution in [0.5, 0.6) is 0 Å². The average molecular weight is 290 g/mol. The summed E-state index contributed by atoms with van der Waals surface area (Å²) < 4.78 is 5.29. The first-order valence-electron chi connectivity index (χ1n) is 7.47. The van der Waals surface area contributed by atoms with E-state index in [1.807, 2.05) is 34.1 Å². The van der Waals surface area contributed by atoms with E-state index in [0.29, 0.717) is 26.3 Å². The Bertz CT molecular complexity index is 494. The highest BCUT2D eigenvalue weighted by atomic mass is 16.5. The van der Waals surface area contributed by atoms with Gasteiger partial charge in [0.15, 0.2) is 0 Å². The third-order valence-corrected chi connectivity index (χ3v) is 4.11. The number of para-hydroxylation sites is 2. The van der Waals surface area contributed by atoms with Crippen molar-refractivity contribution in [1.82, 2.24) is 9.80 Å². The molecule has 2 fully saturated rings. The van der Waals surface area contributed by atoms with Crippen LogP contribution < -0.4 is 10.6 Å². The number of benzene rings is 1. The molecule has 6 nitrogen and oxygen atoms in total. The van der Waals surface area contributed by atoms with Crippen molar-refractivity contribution in [3.8, 4) is 0 Å². The molecule has 0 aliphatic carbocycles. The number of hydrogen-bond donors (Lipinski definition) is 1. The number of rotatable bonds is 1. The molecule has 2 N–H and O–H groups in total. The highest BCUT2D eigenvalue weighted by Crippen LogP contribution is 2.23. The fourth-order valence-electron chi connectivity index (χ4n) is 2.87. The third-order valence-electron chi connectivity index (χ3n) is 4.11. The number of piperazine rings is 1. The summed E-state index contributed by atoms with van der Waals surface area (Å²) in [6, 6.07) is 8.03. The van der Waals surface area contributed by atoms with Crippen LogP contribution in [-0.2, 0) is 4.74 Å². The van der Waals surface area contributed by atoms with Gasteiger partial charge in [0.25, 0.3) is 0 Å². The van der Waals surface area contributed by atoms with E-state index in [9.17, 15) is 4.79 Å². The van der Waals surface area contributed by atoms with Crippen molar-refractivity contribution in [2.24, 2.45) is 0 Å². The standard InChI is InChI=1S/C15H22N4O2/c16-13-3-1-2-4-14(13)17-5-7-18(8-6-17)15(20)19-9-11-21-12-10-19/h1-4H,5-12,16H2. The second-order valence-electron chi connectivity index (χ2n) is 5.41. The Balaban J connectivity index is 1.57. The minimum atomic E-state index is 0.138. The van der Waals surface area contributed by atoms with Gasteiger partial charge in [-0.15, -0.1) is 0 Å². The molecule has 2 amide bonds. The quantitative estimate of drug-likeness (QED) is 0.779. The van der Waals surface area contributed by atoms with Gasteiger partial charge in [-0.05, 0) is 12.1 Å². The van der Waals surface area contributed by atoms with Crippen molar-refractivity contribution in [2.45, 2.75) is 0 Å². The molecular weight excluding hydrogens is 268 g/mol. The number of anilines is 2. The summed E-state index contributed by atoms with van der Waals surface area (Å²) in [6.45, 7) is 5.82. The van der Waals surface area contributed by atoms with Crippen molar-refractivity contribution in [3.63, 3.8) is 0 Å². The lowest BCUT2D eigenvalue weighted by Crippen LogP contribution is -2.54. The van der Waals surface area contributed by atoms with Crippen LogP contribution in [0, 0.1) is 0 Å². The smallest absolute Gasteiger partial charge is 0.320 e. The number of nitrogens with two attached hydrogens (primary N) is 1. The molecule has 3 rings (SSSR count). The monoisotopic (exact) mass is 290 g/mol. The second kappa shape index (κ2) is 6.22. The van der Waals surface area contributed by atoms with Gasteiger partial charge in [-0.3, -0.25) is 0 Å². The lowest BCUT2D eigenvalue weighted by Gasteiger charge is -2.39. The van der Waals surface area contributed by atoms with Crippen LogP contribution in [-0.4, -0.2) is 68.3 Å². The molecule has 0 unspecified atom stereocenters. The molecule has 1 aromatic rings. The van der Waals surface area contributed by atoms with E-state index in [0.717, 1.165) is 37.6 Å². The van der Waals surface area contributed by atoms with Crippen molar-refractivity contribution in [3.05, 3.63) is 24.3 Å². The summed E-state index contributed by atoms with van der Waals surface area (Å²) in [7, 11) is 0.